The molecule has 142 valence electrons. The SMILES string of the molecule is Cc1ccc2occ([C@@H](O)[C@@H](O)c3coc4ccc(C)cc4c3=O)c(=O)c2c1. The van der Waals surface area contributed by atoms with E-state index >= 15 is 0 Å². The Bertz CT molecular complexity index is 1210. The Balaban J connectivity index is 1.81. The maximum atomic E-state index is 12.8. The summed E-state index contributed by atoms with van der Waals surface area (Å²) < 4.78 is 10.9. The third-order valence-corrected chi connectivity index (χ3v) is 4.85. The zero-order chi connectivity index (χ0) is 20.0. The summed E-state index contributed by atoms with van der Waals surface area (Å²) in [6.07, 6.45) is -1.07. The molecule has 2 aromatic heterocycles. The fraction of sp³-hybridized carbons (Fsp3) is 0.182. The molecule has 0 aliphatic carbocycles. The number of benzene rings is 2. The van der Waals surface area contributed by atoms with Crippen molar-refractivity contribution < 1.29 is 19.0 Å². The molecule has 6 heteroatoms. The third-order valence-electron chi connectivity index (χ3n) is 4.85. The van der Waals surface area contributed by atoms with E-state index < -0.39 is 23.1 Å². The summed E-state index contributed by atoms with van der Waals surface area (Å²) in [5, 5.41) is 21.8. The van der Waals surface area contributed by atoms with Crippen molar-refractivity contribution in [2.75, 3.05) is 0 Å². The summed E-state index contributed by atoms with van der Waals surface area (Å²) in [7, 11) is 0. The molecule has 0 fully saturated rings. The molecule has 4 aromatic rings. The molecule has 0 saturated carbocycles. The molecule has 6 nitrogen and oxygen atoms in total. The highest BCUT2D eigenvalue weighted by molar-refractivity contribution is 5.78. The second kappa shape index (κ2) is 6.74. The molecule has 0 saturated heterocycles. The van der Waals surface area contributed by atoms with E-state index in [9.17, 15) is 19.8 Å². The first-order valence-electron chi connectivity index (χ1n) is 8.77. The number of fused-ring (bicyclic) bond motifs is 2. The first-order valence-corrected chi connectivity index (χ1v) is 8.77. The molecule has 2 N–H and O–H groups in total. The van der Waals surface area contributed by atoms with Crippen molar-refractivity contribution in [3.05, 3.63) is 91.6 Å². The van der Waals surface area contributed by atoms with Gasteiger partial charge in [0, 0.05) is 0 Å². The van der Waals surface area contributed by atoms with Gasteiger partial charge in [0.25, 0.3) is 0 Å². The zero-order valence-electron chi connectivity index (χ0n) is 15.3. The Morgan fingerprint density at radius 3 is 1.50 bits per heavy atom. The molecule has 0 aliphatic heterocycles. The number of hydrogen-bond donors (Lipinski definition) is 2. The lowest BCUT2D eigenvalue weighted by molar-refractivity contribution is 0.0143. The molecule has 0 spiro atoms. The van der Waals surface area contributed by atoms with Crippen LogP contribution in [0.1, 0.15) is 34.5 Å². The van der Waals surface area contributed by atoms with Crippen LogP contribution in [-0.4, -0.2) is 10.2 Å². The fourth-order valence-corrected chi connectivity index (χ4v) is 3.27. The van der Waals surface area contributed by atoms with Gasteiger partial charge in [0.05, 0.1) is 21.9 Å². The quantitative estimate of drug-likeness (QED) is 0.567. The van der Waals surface area contributed by atoms with Gasteiger partial charge in [0.15, 0.2) is 10.9 Å². The smallest absolute Gasteiger partial charge is 0.198 e. The van der Waals surface area contributed by atoms with E-state index in [-0.39, 0.29) is 11.1 Å². The molecule has 28 heavy (non-hydrogen) atoms. The van der Waals surface area contributed by atoms with E-state index in [4.69, 9.17) is 8.83 Å². The van der Waals surface area contributed by atoms with Gasteiger partial charge in [-0.2, -0.15) is 0 Å². The molecular weight excluding hydrogens is 360 g/mol. The normalized spacial score (nSPS) is 13.7. The van der Waals surface area contributed by atoms with Crippen LogP contribution in [0.2, 0.25) is 0 Å². The van der Waals surface area contributed by atoms with Crippen LogP contribution in [0.5, 0.6) is 0 Å². The molecule has 0 unspecified atom stereocenters. The lowest BCUT2D eigenvalue weighted by Gasteiger charge is -2.17. The number of rotatable bonds is 3. The molecule has 4 rings (SSSR count). The van der Waals surface area contributed by atoms with Crippen LogP contribution >= 0.6 is 0 Å². The van der Waals surface area contributed by atoms with Crippen LogP contribution in [0, 0.1) is 13.8 Å². The number of aryl methyl sites for hydroxylation is 2. The molecule has 0 aliphatic rings. The van der Waals surface area contributed by atoms with Crippen molar-refractivity contribution in [3.63, 3.8) is 0 Å². The van der Waals surface area contributed by atoms with Crippen LogP contribution in [0.3, 0.4) is 0 Å². The Morgan fingerprint density at radius 1 is 0.714 bits per heavy atom. The van der Waals surface area contributed by atoms with Crippen molar-refractivity contribution in [3.8, 4) is 0 Å². The molecule has 2 atom stereocenters. The number of aliphatic hydroxyl groups is 2. The third kappa shape index (κ3) is 2.93. The largest absolute Gasteiger partial charge is 0.464 e. The van der Waals surface area contributed by atoms with Gasteiger partial charge < -0.3 is 19.0 Å². The maximum Gasteiger partial charge on any atom is 0.198 e. The van der Waals surface area contributed by atoms with Gasteiger partial charge in [-0.25, -0.2) is 0 Å². The number of aliphatic hydroxyl groups excluding tert-OH is 2. The fourth-order valence-electron chi connectivity index (χ4n) is 3.27. The lowest BCUT2D eigenvalue weighted by atomic mass is 9.98. The zero-order valence-corrected chi connectivity index (χ0v) is 15.3. The Morgan fingerprint density at radius 2 is 1.11 bits per heavy atom. The van der Waals surface area contributed by atoms with Crippen molar-refractivity contribution in [1.82, 2.24) is 0 Å². The van der Waals surface area contributed by atoms with E-state index in [2.05, 4.69) is 0 Å². The Labute approximate surface area is 159 Å². The van der Waals surface area contributed by atoms with E-state index in [1.165, 1.54) is 0 Å². The van der Waals surface area contributed by atoms with Crippen LogP contribution in [0.15, 0.2) is 67.3 Å². The van der Waals surface area contributed by atoms with Crippen molar-refractivity contribution in [2.45, 2.75) is 26.1 Å². The van der Waals surface area contributed by atoms with Crippen molar-refractivity contribution in [2.24, 2.45) is 0 Å². The highest BCUT2D eigenvalue weighted by atomic mass is 16.3. The van der Waals surface area contributed by atoms with Gasteiger partial charge in [-0.15, -0.1) is 0 Å². The number of hydrogen-bond acceptors (Lipinski definition) is 6. The molecule has 0 radical (unpaired) electrons. The summed E-state index contributed by atoms with van der Waals surface area (Å²) in [6.45, 7) is 3.66. The summed E-state index contributed by atoms with van der Waals surface area (Å²) in [5.74, 6) is 0. The minimum Gasteiger partial charge on any atom is -0.464 e. The molecule has 2 aromatic carbocycles. The van der Waals surface area contributed by atoms with Crippen LogP contribution in [-0.2, 0) is 0 Å². The van der Waals surface area contributed by atoms with Gasteiger partial charge in [-0.05, 0) is 38.1 Å². The summed E-state index contributed by atoms with van der Waals surface area (Å²) in [4.78, 5) is 25.5. The Kier molecular flexibility index (Phi) is 4.37. The van der Waals surface area contributed by atoms with Crippen LogP contribution < -0.4 is 10.9 Å². The van der Waals surface area contributed by atoms with Gasteiger partial charge in [0.1, 0.15) is 35.9 Å². The minimum atomic E-state index is -1.65. The first kappa shape index (κ1) is 18.2. The second-order valence-corrected chi connectivity index (χ2v) is 6.93. The molecule has 0 bridgehead atoms. The van der Waals surface area contributed by atoms with Gasteiger partial charge in [0.2, 0.25) is 0 Å². The average molecular weight is 378 g/mol. The van der Waals surface area contributed by atoms with Crippen molar-refractivity contribution in [1.29, 1.82) is 0 Å². The molecular formula is C22H18O6. The predicted molar refractivity (Wildman–Crippen MR) is 104 cm³/mol. The monoisotopic (exact) mass is 378 g/mol. The topological polar surface area (TPSA) is 101 Å². The van der Waals surface area contributed by atoms with Crippen molar-refractivity contribution >= 4 is 21.9 Å². The van der Waals surface area contributed by atoms with Gasteiger partial charge in [-0.1, -0.05) is 23.3 Å². The second-order valence-electron chi connectivity index (χ2n) is 6.93. The van der Waals surface area contributed by atoms with Crippen LogP contribution in [0.4, 0.5) is 0 Å². The van der Waals surface area contributed by atoms with Gasteiger partial charge in [-0.3, -0.25) is 9.59 Å². The molecule has 2 heterocycles. The summed E-state index contributed by atoms with van der Waals surface area (Å²) in [6, 6.07) is 10.2. The average Bonchev–Trinajstić information content (AvgIpc) is 2.68. The first-order chi connectivity index (χ1) is 13.4. The van der Waals surface area contributed by atoms with Crippen LogP contribution in [0.25, 0.3) is 21.9 Å². The predicted octanol–water partition coefficient (Wildman–Crippen LogP) is 3.28. The van der Waals surface area contributed by atoms with Gasteiger partial charge >= 0.3 is 0 Å². The lowest BCUT2D eigenvalue weighted by Crippen LogP contribution is -2.23. The van der Waals surface area contributed by atoms with E-state index in [1.807, 2.05) is 13.8 Å². The van der Waals surface area contributed by atoms with E-state index in [0.717, 1.165) is 23.7 Å². The summed E-state index contributed by atoms with van der Waals surface area (Å²) in [5.41, 5.74) is 1.29. The Hall–Kier alpha value is -3.22. The maximum absolute atomic E-state index is 12.8. The van der Waals surface area contributed by atoms with E-state index in [1.54, 1.807) is 36.4 Å². The highest BCUT2D eigenvalue weighted by Gasteiger charge is 2.27. The molecule has 0 amide bonds. The minimum absolute atomic E-state index is 0.130. The highest BCUT2D eigenvalue weighted by Crippen LogP contribution is 2.28. The van der Waals surface area contributed by atoms with E-state index in [0.29, 0.717) is 21.9 Å². The standard InChI is InChI=1S/C22H18O6/c1-11-3-5-17-13(7-11)19(23)15(9-27-17)21(25)22(26)16-10-28-18-6-4-12(2)8-14(18)20(16)24/h3-10,21-22,25-26H,1-2H3/t21-,22+. The summed E-state index contributed by atoms with van der Waals surface area (Å²) >= 11 is 0.